The van der Waals surface area contributed by atoms with Crippen molar-refractivity contribution < 1.29 is 19.0 Å². The van der Waals surface area contributed by atoms with Crippen molar-refractivity contribution in [3.05, 3.63) is 59.2 Å². The number of hydrogen-bond acceptors (Lipinski definition) is 5. The number of benzene rings is 2. The van der Waals surface area contributed by atoms with Crippen molar-refractivity contribution in [3.63, 3.8) is 0 Å². The molecule has 0 bridgehead atoms. The molecule has 0 aliphatic carbocycles. The minimum atomic E-state index is -0.469. The zero-order valence-electron chi connectivity index (χ0n) is 13.7. The van der Waals surface area contributed by atoms with Crippen molar-refractivity contribution in [1.82, 2.24) is 0 Å². The highest BCUT2D eigenvalue weighted by Crippen LogP contribution is 2.16. The van der Waals surface area contributed by atoms with E-state index in [4.69, 9.17) is 19.5 Å². The second kappa shape index (κ2) is 8.59. The average Bonchev–Trinajstić information content (AvgIpc) is 2.56. The van der Waals surface area contributed by atoms with E-state index in [1.54, 1.807) is 24.3 Å². The summed E-state index contributed by atoms with van der Waals surface area (Å²) in [5.41, 5.74) is 2.78. The number of hydrogen-bond donors (Lipinski definition) is 0. The molecule has 0 aliphatic heterocycles. The van der Waals surface area contributed by atoms with Crippen molar-refractivity contribution in [1.29, 1.82) is 5.26 Å². The predicted molar refractivity (Wildman–Crippen MR) is 89.0 cm³/mol. The summed E-state index contributed by atoms with van der Waals surface area (Å²) in [6.07, 6.45) is 0. The number of carbonyl (C=O) groups excluding carboxylic acids is 1. The van der Waals surface area contributed by atoms with Gasteiger partial charge in [-0.05, 0) is 61.4 Å². The molecule has 0 fully saturated rings. The van der Waals surface area contributed by atoms with Crippen LogP contribution in [0, 0.1) is 25.2 Å². The maximum absolute atomic E-state index is 11.6. The molecule has 5 heteroatoms. The lowest BCUT2D eigenvalue weighted by Gasteiger charge is -2.09. The van der Waals surface area contributed by atoms with Crippen LogP contribution in [-0.2, 0) is 9.53 Å². The van der Waals surface area contributed by atoms with E-state index >= 15 is 0 Å². The lowest BCUT2D eigenvalue weighted by atomic mass is 10.1. The van der Waals surface area contributed by atoms with Crippen LogP contribution < -0.4 is 9.47 Å². The number of aryl methyl sites for hydroxylation is 2. The SMILES string of the molecule is Cc1cc(C)cc(OCCOC(=O)COc2ccc(C#N)cc2)c1. The molecule has 0 aromatic heterocycles. The minimum Gasteiger partial charge on any atom is -0.490 e. The molecule has 5 nitrogen and oxygen atoms in total. The van der Waals surface area contributed by atoms with Crippen LogP contribution in [0.4, 0.5) is 0 Å². The molecular weight excluding hydrogens is 306 g/mol. The van der Waals surface area contributed by atoms with Gasteiger partial charge in [0.2, 0.25) is 0 Å². The summed E-state index contributed by atoms with van der Waals surface area (Å²) in [4.78, 5) is 11.6. The number of ether oxygens (including phenoxy) is 3. The zero-order valence-corrected chi connectivity index (χ0v) is 13.7. The summed E-state index contributed by atoms with van der Waals surface area (Å²) in [5.74, 6) is 0.804. The molecule has 2 aromatic carbocycles. The van der Waals surface area contributed by atoms with Gasteiger partial charge in [0, 0.05) is 0 Å². The molecule has 0 N–H and O–H groups in total. The van der Waals surface area contributed by atoms with E-state index in [2.05, 4.69) is 6.07 Å². The fourth-order valence-corrected chi connectivity index (χ4v) is 2.14. The van der Waals surface area contributed by atoms with E-state index < -0.39 is 5.97 Å². The van der Waals surface area contributed by atoms with E-state index in [9.17, 15) is 4.79 Å². The fraction of sp³-hybridized carbons (Fsp3) is 0.263. The van der Waals surface area contributed by atoms with E-state index in [0.29, 0.717) is 11.3 Å². The first kappa shape index (κ1) is 17.4. The molecule has 0 spiro atoms. The van der Waals surface area contributed by atoms with Gasteiger partial charge in [-0.15, -0.1) is 0 Å². The van der Waals surface area contributed by atoms with Gasteiger partial charge >= 0.3 is 5.97 Å². The Kier molecular flexibility index (Phi) is 6.21. The van der Waals surface area contributed by atoms with E-state index in [1.807, 2.05) is 32.0 Å². The van der Waals surface area contributed by atoms with Crippen LogP contribution in [-0.4, -0.2) is 25.8 Å². The minimum absolute atomic E-state index is 0.155. The topological polar surface area (TPSA) is 68.6 Å². The number of rotatable bonds is 7. The van der Waals surface area contributed by atoms with Gasteiger partial charge in [-0.2, -0.15) is 5.26 Å². The first-order chi connectivity index (χ1) is 11.6. The Balaban J connectivity index is 1.66. The van der Waals surface area contributed by atoms with Gasteiger partial charge in [-0.3, -0.25) is 0 Å². The van der Waals surface area contributed by atoms with Crippen molar-refractivity contribution in [2.45, 2.75) is 13.8 Å². The molecule has 0 saturated carbocycles. The summed E-state index contributed by atoms with van der Waals surface area (Å²) in [7, 11) is 0. The van der Waals surface area contributed by atoms with Gasteiger partial charge in [0.05, 0.1) is 11.6 Å². The quantitative estimate of drug-likeness (QED) is 0.578. The number of nitrogens with zero attached hydrogens (tertiary/aromatic N) is 1. The Morgan fingerprint density at radius 1 is 0.958 bits per heavy atom. The van der Waals surface area contributed by atoms with E-state index in [1.165, 1.54) is 0 Å². The summed E-state index contributed by atoms with van der Waals surface area (Å²) >= 11 is 0. The van der Waals surface area contributed by atoms with Crippen LogP contribution in [0.2, 0.25) is 0 Å². The van der Waals surface area contributed by atoms with Gasteiger partial charge in [-0.25, -0.2) is 4.79 Å². The lowest BCUT2D eigenvalue weighted by molar-refractivity contribution is -0.146. The highest BCUT2D eigenvalue weighted by Gasteiger charge is 2.05. The Hall–Kier alpha value is -3.00. The van der Waals surface area contributed by atoms with Gasteiger partial charge < -0.3 is 14.2 Å². The summed E-state index contributed by atoms with van der Waals surface area (Å²) in [6.45, 7) is 4.25. The molecule has 24 heavy (non-hydrogen) atoms. The van der Waals surface area contributed by atoms with E-state index in [0.717, 1.165) is 16.9 Å². The standard InChI is InChI=1S/C19H19NO4/c1-14-9-15(2)11-18(10-14)22-7-8-23-19(21)13-24-17-5-3-16(12-20)4-6-17/h3-6,9-11H,7-8,13H2,1-2H3. The number of esters is 1. The molecule has 0 amide bonds. The van der Waals surface area contributed by atoms with Crippen LogP contribution in [0.1, 0.15) is 16.7 Å². The highest BCUT2D eigenvalue weighted by molar-refractivity contribution is 5.71. The third kappa shape index (κ3) is 5.65. The monoisotopic (exact) mass is 325 g/mol. The molecular formula is C19H19NO4. The number of carbonyl (C=O) groups is 1. The van der Waals surface area contributed by atoms with Crippen molar-refractivity contribution >= 4 is 5.97 Å². The van der Waals surface area contributed by atoms with Crippen molar-refractivity contribution in [3.8, 4) is 17.6 Å². The highest BCUT2D eigenvalue weighted by atomic mass is 16.6. The van der Waals surface area contributed by atoms with Gasteiger partial charge in [0.15, 0.2) is 6.61 Å². The molecule has 0 saturated heterocycles. The lowest BCUT2D eigenvalue weighted by Crippen LogP contribution is -2.18. The molecule has 2 rings (SSSR count). The number of nitriles is 1. The molecule has 2 aromatic rings. The molecule has 0 atom stereocenters. The average molecular weight is 325 g/mol. The van der Waals surface area contributed by atoms with E-state index in [-0.39, 0.29) is 19.8 Å². The zero-order chi connectivity index (χ0) is 17.4. The largest absolute Gasteiger partial charge is 0.490 e. The normalized spacial score (nSPS) is 9.88. The molecule has 0 aliphatic rings. The molecule has 0 heterocycles. The van der Waals surface area contributed by atoms with Crippen LogP contribution in [0.15, 0.2) is 42.5 Å². The van der Waals surface area contributed by atoms with Crippen LogP contribution >= 0.6 is 0 Å². The van der Waals surface area contributed by atoms with Crippen LogP contribution in [0.5, 0.6) is 11.5 Å². The summed E-state index contributed by atoms with van der Waals surface area (Å²) < 4.78 is 15.9. The summed E-state index contributed by atoms with van der Waals surface area (Å²) in [5, 5.41) is 8.70. The van der Waals surface area contributed by atoms with Crippen molar-refractivity contribution in [2.75, 3.05) is 19.8 Å². The van der Waals surface area contributed by atoms with Crippen molar-refractivity contribution in [2.24, 2.45) is 0 Å². The predicted octanol–water partition coefficient (Wildman–Crippen LogP) is 3.18. The maximum atomic E-state index is 11.6. The third-order valence-electron chi connectivity index (χ3n) is 3.15. The van der Waals surface area contributed by atoms with Crippen LogP contribution in [0.25, 0.3) is 0 Å². The first-order valence-electron chi connectivity index (χ1n) is 7.56. The first-order valence-corrected chi connectivity index (χ1v) is 7.56. The maximum Gasteiger partial charge on any atom is 0.344 e. The van der Waals surface area contributed by atoms with Gasteiger partial charge in [-0.1, -0.05) is 6.07 Å². The third-order valence-corrected chi connectivity index (χ3v) is 3.15. The van der Waals surface area contributed by atoms with Gasteiger partial charge in [0.1, 0.15) is 24.7 Å². The Bertz CT molecular complexity index is 712. The second-order valence-electron chi connectivity index (χ2n) is 5.32. The Morgan fingerprint density at radius 2 is 1.62 bits per heavy atom. The Labute approximate surface area is 141 Å². The molecule has 0 unspecified atom stereocenters. The summed E-state index contributed by atoms with van der Waals surface area (Å²) in [6, 6.07) is 14.5. The van der Waals surface area contributed by atoms with Gasteiger partial charge in [0.25, 0.3) is 0 Å². The molecule has 124 valence electrons. The second-order valence-corrected chi connectivity index (χ2v) is 5.32. The fourth-order valence-electron chi connectivity index (χ4n) is 2.14. The smallest absolute Gasteiger partial charge is 0.344 e. The Morgan fingerprint density at radius 3 is 2.25 bits per heavy atom. The molecule has 0 radical (unpaired) electrons. The van der Waals surface area contributed by atoms with Crippen LogP contribution in [0.3, 0.4) is 0 Å².